The summed E-state index contributed by atoms with van der Waals surface area (Å²) in [5, 5.41) is 8.41. The molecule has 0 saturated carbocycles. The second-order valence-electron chi connectivity index (χ2n) is 3.59. The largest absolute Gasteiger partial charge is 0.496 e. The molecule has 0 aliphatic rings. The Morgan fingerprint density at radius 3 is 2.56 bits per heavy atom. The topological polar surface area (TPSA) is 81.5 Å². The van der Waals surface area contributed by atoms with Crippen molar-refractivity contribution in [2.45, 2.75) is 0 Å². The number of nitrogens with two attached hydrogens (primary N) is 1. The van der Waals surface area contributed by atoms with Crippen LogP contribution in [0.4, 0.5) is 0 Å². The predicted octanol–water partition coefficient (Wildman–Crippen LogP) is 1.56. The summed E-state index contributed by atoms with van der Waals surface area (Å²) in [6.45, 7) is 0. The third-order valence-corrected chi connectivity index (χ3v) is 2.76. The van der Waals surface area contributed by atoms with Crippen LogP contribution in [0.15, 0.2) is 22.6 Å². The molecule has 0 radical (unpaired) electrons. The highest BCUT2D eigenvalue weighted by atomic mass is 32.1. The van der Waals surface area contributed by atoms with E-state index in [2.05, 4.69) is 0 Å². The van der Waals surface area contributed by atoms with Crippen molar-refractivity contribution in [1.29, 1.82) is 5.41 Å². The highest BCUT2D eigenvalue weighted by molar-refractivity contribution is 7.80. The zero-order valence-electron chi connectivity index (χ0n) is 9.94. The molecule has 0 amide bonds. The van der Waals surface area contributed by atoms with Gasteiger partial charge >= 0.3 is 0 Å². The summed E-state index contributed by atoms with van der Waals surface area (Å²) < 4.78 is 15.8. The second kappa shape index (κ2) is 4.66. The van der Waals surface area contributed by atoms with Gasteiger partial charge in [0.1, 0.15) is 22.1 Å². The van der Waals surface area contributed by atoms with Crippen LogP contribution in [0.2, 0.25) is 0 Å². The molecule has 5 nitrogen and oxygen atoms in total. The van der Waals surface area contributed by atoms with E-state index in [9.17, 15) is 0 Å². The van der Waals surface area contributed by atoms with E-state index in [0.29, 0.717) is 28.0 Å². The van der Waals surface area contributed by atoms with E-state index in [1.165, 1.54) is 0 Å². The van der Waals surface area contributed by atoms with Crippen molar-refractivity contribution >= 4 is 28.2 Å². The van der Waals surface area contributed by atoms with Crippen molar-refractivity contribution in [3.63, 3.8) is 0 Å². The van der Waals surface area contributed by atoms with Crippen molar-refractivity contribution in [1.82, 2.24) is 0 Å². The maximum atomic E-state index is 7.72. The van der Waals surface area contributed by atoms with E-state index in [4.69, 9.17) is 37.3 Å². The van der Waals surface area contributed by atoms with Gasteiger partial charge in [0.05, 0.1) is 25.2 Å². The summed E-state index contributed by atoms with van der Waals surface area (Å²) in [7, 11) is 3.09. The monoisotopic (exact) mass is 264 g/mol. The summed E-state index contributed by atoms with van der Waals surface area (Å²) in [6.07, 6.45) is 0. The lowest BCUT2D eigenvalue weighted by atomic mass is 10.1. The van der Waals surface area contributed by atoms with Crippen LogP contribution in [0.25, 0.3) is 11.0 Å². The normalized spacial score (nSPS) is 10.3. The molecule has 2 rings (SSSR count). The summed E-state index contributed by atoms with van der Waals surface area (Å²) in [5.41, 5.74) is 6.32. The molecule has 3 N–H and O–H groups in total. The Labute approximate surface area is 109 Å². The maximum Gasteiger partial charge on any atom is 0.222 e. The minimum absolute atomic E-state index is 0.0784. The van der Waals surface area contributed by atoms with Crippen LogP contribution in [-0.2, 0) is 0 Å². The number of thiocarbonyl (C=S) groups is 1. The standard InChI is InChI=1S/C12H12N2O3S/c1-15-6-3-9(16-2)7-5-8(12(14)18)11(13)17-10(7)4-6/h3-5,13H,1-2H3,(H2,14,18). The Balaban J connectivity index is 2.84. The molecule has 0 unspecified atom stereocenters. The molecule has 94 valence electrons. The van der Waals surface area contributed by atoms with Gasteiger partial charge in [-0.25, -0.2) is 0 Å². The first-order valence-corrected chi connectivity index (χ1v) is 5.52. The van der Waals surface area contributed by atoms with E-state index in [-0.39, 0.29) is 10.5 Å². The highest BCUT2D eigenvalue weighted by Crippen LogP contribution is 2.30. The third-order valence-electron chi connectivity index (χ3n) is 2.54. The minimum atomic E-state index is -0.0784. The average molecular weight is 264 g/mol. The van der Waals surface area contributed by atoms with Crippen molar-refractivity contribution in [2.75, 3.05) is 14.2 Å². The first-order chi connectivity index (χ1) is 8.56. The second-order valence-corrected chi connectivity index (χ2v) is 4.03. The molecule has 2 aromatic rings. The van der Waals surface area contributed by atoms with E-state index in [1.807, 2.05) is 0 Å². The fourth-order valence-corrected chi connectivity index (χ4v) is 1.80. The van der Waals surface area contributed by atoms with Crippen LogP contribution in [-0.4, -0.2) is 19.2 Å². The van der Waals surface area contributed by atoms with Gasteiger partial charge in [-0.05, 0) is 6.07 Å². The number of hydrogen-bond acceptors (Lipinski definition) is 5. The van der Waals surface area contributed by atoms with Gasteiger partial charge in [-0.2, -0.15) is 0 Å². The number of methoxy groups -OCH3 is 2. The molecule has 0 spiro atoms. The molecular formula is C12H12N2O3S. The molecule has 0 saturated heterocycles. The Hall–Kier alpha value is -2.08. The van der Waals surface area contributed by atoms with Gasteiger partial charge in [-0.15, -0.1) is 0 Å². The predicted molar refractivity (Wildman–Crippen MR) is 71.1 cm³/mol. The Morgan fingerprint density at radius 1 is 1.28 bits per heavy atom. The maximum absolute atomic E-state index is 7.72. The molecule has 1 aromatic carbocycles. The first-order valence-electron chi connectivity index (χ1n) is 5.11. The van der Waals surface area contributed by atoms with Crippen LogP contribution >= 0.6 is 12.2 Å². The van der Waals surface area contributed by atoms with Gasteiger partial charge in [-0.1, -0.05) is 12.2 Å². The molecule has 1 heterocycles. The van der Waals surface area contributed by atoms with Crippen molar-refractivity contribution in [3.8, 4) is 11.5 Å². The number of nitrogens with one attached hydrogen (secondary N) is 1. The van der Waals surface area contributed by atoms with Gasteiger partial charge in [-0.3, -0.25) is 5.41 Å². The summed E-state index contributed by atoms with van der Waals surface area (Å²) >= 11 is 4.87. The van der Waals surface area contributed by atoms with E-state index in [1.54, 1.807) is 32.4 Å². The fraction of sp³-hybridized carbons (Fsp3) is 0.167. The SMILES string of the molecule is COc1cc(OC)c2cc(C(N)=S)c(=N)oc2c1. The van der Waals surface area contributed by atoms with Crippen LogP contribution in [0.5, 0.6) is 11.5 Å². The number of fused-ring (bicyclic) bond motifs is 1. The van der Waals surface area contributed by atoms with Gasteiger partial charge in [0.2, 0.25) is 5.55 Å². The molecule has 0 bridgehead atoms. The third kappa shape index (κ3) is 2.02. The van der Waals surface area contributed by atoms with Gasteiger partial charge < -0.3 is 19.6 Å². The Kier molecular flexibility index (Phi) is 3.20. The average Bonchev–Trinajstić information content (AvgIpc) is 2.35. The van der Waals surface area contributed by atoms with E-state index in [0.717, 1.165) is 0 Å². The zero-order valence-corrected chi connectivity index (χ0v) is 10.8. The molecule has 18 heavy (non-hydrogen) atoms. The first kappa shape index (κ1) is 12.4. The lowest BCUT2D eigenvalue weighted by Crippen LogP contribution is -2.19. The number of hydrogen-bond donors (Lipinski definition) is 2. The Morgan fingerprint density at radius 2 is 2.00 bits per heavy atom. The molecule has 0 aliphatic carbocycles. The molecule has 0 fully saturated rings. The number of benzene rings is 1. The zero-order chi connectivity index (χ0) is 13.3. The van der Waals surface area contributed by atoms with Crippen molar-refractivity contribution in [2.24, 2.45) is 5.73 Å². The van der Waals surface area contributed by atoms with Gasteiger partial charge in [0.15, 0.2) is 0 Å². The van der Waals surface area contributed by atoms with Gasteiger partial charge in [0, 0.05) is 12.1 Å². The molecule has 1 aromatic heterocycles. The van der Waals surface area contributed by atoms with Crippen LogP contribution < -0.4 is 20.8 Å². The smallest absolute Gasteiger partial charge is 0.222 e. The summed E-state index contributed by atoms with van der Waals surface area (Å²) in [4.78, 5) is 0.114. The molecule has 6 heteroatoms. The van der Waals surface area contributed by atoms with Crippen LogP contribution in [0.1, 0.15) is 5.56 Å². The van der Waals surface area contributed by atoms with Crippen LogP contribution in [0, 0.1) is 5.41 Å². The fourth-order valence-electron chi connectivity index (χ4n) is 1.65. The summed E-state index contributed by atoms with van der Waals surface area (Å²) in [6, 6.07) is 5.09. The van der Waals surface area contributed by atoms with E-state index >= 15 is 0 Å². The van der Waals surface area contributed by atoms with E-state index < -0.39 is 0 Å². The Bertz CT molecular complexity index is 679. The lowest BCUT2D eigenvalue weighted by molar-refractivity contribution is 0.395. The number of rotatable bonds is 3. The lowest BCUT2D eigenvalue weighted by Gasteiger charge is -2.09. The van der Waals surface area contributed by atoms with Crippen molar-refractivity contribution < 1.29 is 13.9 Å². The van der Waals surface area contributed by atoms with Crippen molar-refractivity contribution in [3.05, 3.63) is 29.3 Å². The quantitative estimate of drug-likeness (QED) is 0.822. The molecule has 0 aliphatic heterocycles. The minimum Gasteiger partial charge on any atom is -0.496 e. The number of ether oxygens (including phenoxy) is 2. The molecule has 0 atom stereocenters. The van der Waals surface area contributed by atoms with Gasteiger partial charge in [0.25, 0.3) is 0 Å². The highest BCUT2D eigenvalue weighted by Gasteiger charge is 2.11. The summed E-state index contributed by atoms with van der Waals surface area (Å²) in [5.74, 6) is 1.16. The molecular weight excluding hydrogens is 252 g/mol. The van der Waals surface area contributed by atoms with Crippen LogP contribution in [0.3, 0.4) is 0 Å².